The van der Waals surface area contributed by atoms with Crippen LogP contribution in [0.25, 0.3) is 22.6 Å². The molecule has 0 radical (unpaired) electrons. The molecule has 0 spiro atoms. The van der Waals surface area contributed by atoms with Crippen LogP contribution in [0.1, 0.15) is 24.5 Å². The fraction of sp³-hybridized carbons (Fsp3) is 0.300. The summed E-state index contributed by atoms with van der Waals surface area (Å²) in [6.45, 7) is 2.69. The quantitative estimate of drug-likeness (QED) is 0.497. The molecule has 4 heterocycles. The van der Waals surface area contributed by atoms with Crippen LogP contribution >= 0.6 is 0 Å². The SMILES string of the molecule is CCCn1cnc2nc3n(c2c1=O)COc1nn(Cc2cccc(C(F)(F)F)c2)cc1-3. The predicted molar refractivity (Wildman–Crippen MR) is 104 cm³/mol. The maximum atomic E-state index is 13.0. The van der Waals surface area contributed by atoms with Gasteiger partial charge in [-0.15, -0.1) is 5.10 Å². The highest BCUT2D eigenvalue weighted by Crippen LogP contribution is 2.34. The zero-order chi connectivity index (χ0) is 21.8. The van der Waals surface area contributed by atoms with Crippen molar-refractivity contribution in [2.24, 2.45) is 0 Å². The van der Waals surface area contributed by atoms with E-state index in [2.05, 4.69) is 15.1 Å². The van der Waals surface area contributed by atoms with Gasteiger partial charge in [0.15, 0.2) is 23.7 Å². The minimum absolute atomic E-state index is 0.0481. The van der Waals surface area contributed by atoms with Gasteiger partial charge in [-0.05, 0) is 24.1 Å². The number of imidazole rings is 1. The third kappa shape index (κ3) is 3.25. The minimum Gasteiger partial charge on any atom is -0.454 e. The molecule has 0 amide bonds. The topological polar surface area (TPSA) is 79.8 Å². The molecule has 31 heavy (non-hydrogen) atoms. The second-order valence-electron chi connectivity index (χ2n) is 7.30. The molecular weight excluding hydrogens is 413 g/mol. The molecule has 1 aromatic carbocycles. The number of rotatable bonds is 4. The van der Waals surface area contributed by atoms with E-state index >= 15 is 0 Å². The average molecular weight is 430 g/mol. The van der Waals surface area contributed by atoms with Crippen LogP contribution in [-0.4, -0.2) is 28.9 Å². The van der Waals surface area contributed by atoms with Crippen molar-refractivity contribution < 1.29 is 17.9 Å². The van der Waals surface area contributed by atoms with Crippen LogP contribution in [0, 0.1) is 0 Å². The highest BCUT2D eigenvalue weighted by molar-refractivity contribution is 5.78. The fourth-order valence-corrected chi connectivity index (χ4v) is 3.69. The molecule has 0 atom stereocenters. The second-order valence-corrected chi connectivity index (χ2v) is 7.30. The number of aryl methyl sites for hydroxylation is 1. The van der Waals surface area contributed by atoms with E-state index in [0.717, 1.165) is 18.6 Å². The van der Waals surface area contributed by atoms with Crippen LogP contribution in [0.3, 0.4) is 0 Å². The lowest BCUT2D eigenvalue weighted by molar-refractivity contribution is -0.137. The molecule has 8 nitrogen and oxygen atoms in total. The first kappa shape index (κ1) is 19.3. The normalized spacial score (nSPS) is 13.2. The van der Waals surface area contributed by atoms with E-state index in [-0.39, 0.29) is 18.8 Å². The Kier molecular flexibility index (Phi) is 4.34. The van der Waals surface area contributed by atoms with Gasteiger partial charge < -0.3 is 4.74 Å². The minimum atomic E-state index is -4.41. The Balaban J connectivity index is 1.53. The van der Waals surface area contributed by atoms with Crippen LogP contribution in [0.2, 0.25) is 0 Å². The maximum Gasteiger partial charge on any atom is 0.416 e. The van der Waals surface area contributed by atoms with E-state index < -0.39 is 11.7 Å². The van der Waals surface area contributed by atoms with Crippen molar-refractivity contribution in [3.8, 4) is 17.3 Å². The van der Waals surface area contributed by atoms with E-state index in [0.29, 0.717) is 40.5 Å². The summed E-state index contributed by atoms with van der Waals surface area (Å²) in [5.74, 6) is 0.800. The monoisotopic (exact) mass is 430 g/mol. The van der Waals surface area contributed by atoms with Crippen molar-refractivity contribution in [3.63, 3.8) is 0 Å². The summed E-state index contributed by atoms with van der Waals surface area (Å²) in [4.78, 5) is 21.6. The second kappa shape index (κ2) is 6.96. The highest BCUT2D eigenvalue weighted by Gasteiger charge is 2.31. The summed E-state index contributed by atoms with van der Waals surface area (Å²) in [6, 6.07) is 5.09. The fourth-order valence-electron chi connectivity index (χ4n) is 3.69. The predicted octanol–water partition coefficient (Wildman–Crippen LogP) is 3.28. The van der Waals surface area contributed by atoms with Crippen LogP contribution in [0.5, 0.6) is 5.88 Å². The number of halogens is 3. The van der Waals surface area contributed by atoms with Gasteiger partial charge in [0.25, 0.3) is 5.56 Å². The van der Waals surface area contributed by atoms with Crippen LogP contribution in [0.15, 0.2) is 41.6 Å². The van der Waals surface area contributed by atoms with Gasteiger partial charge in [0.05, 0.1) is 17.7 Å². The number of hydrogen-bond acceptors (Lipinski definition) is 5. The van der Waals surface area contributed by atoms with E-state index in [4.69, 9.17) is 4.74 Å². The molecule has 11 heteroatoms. The van der Waals surface area contributed by atoms with E-state index in [1.807, 2.05) is 6.92 Å². The molecule has 0 fully saturated rings. The number of fused-ring (bicyclic) bond motifs is 5. The number of hydrogen-bond donors (Lipinski definition) is 0. The lowest BCUT2D eigenvalue weighted by Gasteiger charge is -2.14. The third-order valence-electron chi connectivity index (χ3n) is 5.09. The Hall–Kier alpha value is -3.63. The molecule has 1 aliphatic rings. The lowest BCUT2D eigenvalue weighted by Crippen LogP contribution is -2.24. The van der Waals surface area contributed by atoms with E-state index in [1.54, 1.807) is 16.8 Å². The number of alkyl halides is 3. The van der Waals surface area contributed by atoms with Crippen molar-refractivity contribution in [1.82, 2.24) is 28.9 Å². The summed E-state index contributed by atoms with van der Waals surface area (Å²) >= 11 is 0. The molecule has 0 aliphatic carbocycles. The number of ether oxygens (including phenoxy) is 1. The first-order valence-electron chi connectivity index (χ1n) is 9.67. The van der Waals surface area contributed by atoms with Crippen LogP contribution < -0.4 is 10.3 Å². The van der Waals surface area contributed by atoms with Gasteiger partial charge in [-0.2, -0.15) is 13.2 Å². The van der Waals surface area contributed by atoms with Gasteiger partial charge in [0.1, 0.15) is 6.33 Å². The summed E-state index contributed by atoms with van der Waals surface area (Å²) in [5, 5.41) is 4.33. The maximum absolute atomic E-state index is 13.0. The Labute approximate surface area is 173 Å². The van der Waals surface area contributed by atoms with Gasteiger partial charge in [0, 0.05) is 12.7 Å². The largest absolute Gasteiger partial charge is 0.454 e. The van der Waals surface area contributed by atoms with Crippen molar-refractivity contribution in [3.05, 3.63) is 58.3 Å². The van der Waals surface area contributed by atoms with E-state index in [1.165, 1.54) is 21.6 Å². The number of benzene rings is 1. The zero-order valence-corrected chi connectivity index (χ0v) is 16.4. The molecular formula is C20H17F3N6O2. The van der Waals surface area contributed by atoms with Crippen LogP contribution in [-0.2, 0) is 26.0 Å². The standard InChI is InChI=1S/C20H17F3N6O2/c1-2-6-27-10-24-16-15(19(27)30)29-11-31-18-14(17(29)25-16)9-28(26-18)8-12-4-3-5-13(7-12)20(21,22)23/h3-5,7,9-10H,2,6,8,11H2,1H3. The Morgan fingerprint density at radius 1 is 1.26 bits per heavy atom. The molecule has 4 aromatic rings. The summed E-state index contributed by atoms with van der Waals surface area (Å²) in [5.41, 5.74) is 0.755. The molecule has 5 rings (SSSR count). The van der Waals surface area contributed by atoms with Gasteiger partial charge in [-0.3, -0.25) is 18.6 Å². The van der Waals surface area contributed by atoms with Crippen molar-refractivity contribution in [2.45, 2.75) is 39.3 Å². The van der Waals surface area contributed by atoms with Crippen molar-refractivity contribution in [2.75, 3.05) is 0 Å². The molecule has 0 saturated carbocycles. The number of nitrogens with zero attached hydrogens (tertiary/aromatic N) is 6. The first-order valence-corrected chi connectivity index (χ1v) is 9.67. The van der Waals surface area contributed by atoms with Crippen molar-refractivity contribution in [1.29, 1.82) is 0 Å². The Morgan fingerprint density at radius 3 is 2.87 bits per heavy atom. The first-order chi connectivity index (χ1) is 14.8. The molecule has 0 N–H and O–H groups in total. The van der Waals surface area contributed by atoms with Crippen molar-refractivity contribution >= 4 is 11.2 Å². The Morgan fingerprint density at radius 2 is 2.10 bits per heavy atom. The van der Waals surface area contributed by atoms with Gasteiger partial charge in [-0.1, -0.05) is 19.1 Å². The zero-order valence-electron chi connectivity index (χ0n) is 16.4. The average Bonchev–Trinajstić information content (AvgIpc) is 3.30. The molecule has 0 saturated heterocycles. The van der Waals surface area contributed by atoms with Gasteiger partial charge in [-0.25, -0.2) is 9.97 Å². The van der Waals surface area contributed by atoms with Gasteiger partial charge >= 0.3 is 6.18 Å². The Bertz CT molecular complexity index is 1350. The third-order valence-corrected chi connectivity index (χ3v) is 5.09. The number of aromatic nitrogens is 6. The smallest absolute Gasteiger partial charge is 0.416 e. The highest BCUT2D eigenvalue weighted by atomic mass is 19.4. The summed E-state index contributed by atoms with van der Waals surface area (Å²) < 4.78 is 49.3. The molecule has 0 bridgehead atoms. The summed E-state index contributed by atoms with van der Waals surface area (Å²) in [6.07, 6.45) is -0.495. The molecule has 0 unspecified atom stereocenters. The lowest BCUT2D eigenvalue weighted by atomic mass is 10.1. The molecule has 160 valence electrons. The van der Waals surface area contributed by atoms with Gasteiger partial charge in [0.2, 0.25) is 5.88 Å². The molecule has 1 aliphatic heterocycles. The van der Waals surface area contributed by atoms with E-state index in [9.17, 15) is 18.0 Å². The van der Waals surface area contributed by atoms with Crippen LogP contribution in [0.4, 0.5) is 13.2 Å². The summed E-state index contributed by atoms with van der Waals surface area (Å²) in [7, 11) is 0. The molecule has 3 aromatic heterocycles.